The molecule has 0 atom stereocenters. The number of nitrogens with zero attached hydrogens (tertiary/aromatic N) is 2. The van der Waals surface area contributed by atoms with Gasteiger partial charge >= 0.3 is 0 Å². The fourth-order valence-electron chi connectivity index (χ4n) is 2.73. The van der Waals surface area contributed by atoms with Gasteiger partial charge in [0.15, 0.2) is 5.82 Å². The lowest BCUT2D eigenvalue weighted by atomic mass is 9.71. The molecule has 1 heterocycles. The second kappa shape index (κ2) is 7.26. The van der Waals surface area contributed by atoms with Gasteiger partial charge in [-0.05, 0) is 31.6 Å². The molecule has 21 heavy (non-hydrogen) atoms. The van der Waals surface area contributed by atoms with Gasteiger partial charge in [0.25, 0.3) is 6.43 Å². The molecule has 0 radical (unpaired) electrons. The number of hydrogen-bond acceptors (Lipinski definition) is 5. The van der Waals surface area contributed by atoms with Crippen LogP contribution >= 0.6 is 0 Å². The van der Waals surface area contributed by atoms with Crippen molar-refractivity contribution in [3.63, 3.8) is 0 Å². The number of nitrogens with two attached hydrogens (primary N) is 1. The molecule has 2 N–H and O–H groups in total. The van der Waals surface area contributed by atoms with Crippen LogP contribution in [0.5, 0.6) is 0 Å². The Kier molecular flexibility index (Phi) is 5.64. The first-order valence-corrected chi connectivity index (χ1v) is 7.45. The standard InChI is InChI=1S/C14H23F2N3O2/c1-10-2-5-14(9-17,6-3-10)13-18-12(19-21-13)4-7-20-8-11(15)16/h10-11H,2-9,17H2,1H3. The molecule has 0 unspecified atom stereocenters. The van der Waals surface area contributed by atoms with Crippen LogP contribution in [-0.2, 0) is 16.6 Å². The third kappa shape index (κ3) is 4.20. The first-order valence-electron chi connectivity index (χ1n) is 7.45. The molecule has 0 amide bonds. The third-order valence-electron chi connectivity index (χ3n) is 4.26. The highest BCUT2D eigenvalue weighted by Gasteiger charge is 2.39. The van der Waals surface area contributed by atoms with E-state index >= 15 is 0 Å². The highest BCUT2D eigenvalue weighted by molar-refractivity contribution is 5.08. The van der Waals surface area contributed by atoms with E-state index in [0.717, 1.165) is 25.7 Å². The van der Waals surface area contributed by atoms with Crippen molar-refractivity contribution in [2.45, 2.75) is 50.9 Å². The van der Waals surface area contributed by atoms with E-state index in [1.165, 1.54) is 0 Å². The summed E-state index contributed by atoms with van der Waals surface area (Å²) in [5, 5.41) is 3.91. The van der Waals surface area contributed by atoms with E-state index in [9.17, 15) is 8.78 Å². The molecule has 0 aromatic carbocycles. The molecule has 1 aromatic heterocycles. The second-order valence-corrected chi connectivity index (χ2v) is 5.90. The lowest BCUT2D eigenvalue weighted by Crippen LogP contribution is -2.39. The van der Waals surface area contributed by atoms with Gasteiger partial charge in [-0.1, -0.05) is 12.1 Å². The monoisotopic (exact) mass is 303 g/mol. The molecule has 2 rings (SSSR count). The van der Waals surface area contributed by atoms with Gasteiger partial charge in [0.1, 0.15) is 6.61 Å². The Morgan fingerprint density at radius 3 is 2.76 bits per heavy atom. The minimum absolute atomic E-state index is 0.163. The summed E-state index contributed by atoms with van der Waals surface area (Å²) >= 11 is 0. The molecule has 120 valence electrons. The predicted molar refractivity (Wildman–Crippen MR) is 73.2 cm³/mol. The molecular formula is C14H23F2N3O2. The van der Waals surface area contributed by atoms with Crippen molar-refractivity contribution in [3.05, 3.63) is 11.7 Å². The maximum atomic E-state index is 11.9. The van der Waals surface area contributed by atoms with Crippen LogP contribution in [-0.4, -0.2) is 36.3 Å². The van der Waals surface area contributed by atoms with Gasteiger partial charge < -0.3 is 15.0 Å². The fourth-order valence-corrected chi connectivity index (χ4v) is 2.73. The average molecular weight is 303 g/mol. The minimum atomic E-state index is -2.45. The van der Waals surface area contributed by atoms with E-state index in [1.807, 2.05) is 0 Å². The van der Waals surface area contributed by atoms with E-state index < -0.39 is 13.0 Å². The minimum Gasteiger partial charge on any atom is -0.375 e. The summed E-state index contributed by atoms with van der Waals surface area (Å²) in [4.78, 5) is 4.39. The number of ether oxygens (including phenoxy) is 1. The number of rotatable bonds is 7. The Bertz CT molecular complexity index is 432. The van der Waals surface area contributed by atoms with E-state index in [1.54, 1.807) is 0 Å². The lowest BCUT2D eigenvalue weighted by molar-refractivity contribution is 0.0182. The molecular weight excluding hydrogens is 280 g/mol. The molecule has 1 saturated carbocycles. The van der Waals surface area contributed by atoms with E-state index in [2.05, 4.69) is 17.1 Å². The van der Waals surface area contributed by atoms with Crippen LogP contribution in [0.25, 0.3) is 0 Å². The number of aromatic nitrogens is 2. The summed E-state index contributed by atoms with van der Waals surface area (Å²) in [7, 11) is 0. The predicted octanol–water partition coefficient (Wildman–Crippen LogP) is 2.30. The van der Waals surface area contributed by atoms with E-state index in [0.29, 0.717) is 30.6 Å². The molecule has 7 heteroatoms. The highest BCUT2D eigenvalue weighted by Crippen LogP contribution is 2.39. The summed E-state index contributed by atoms with van der Waals surface area (Å²) in [5.74, 6) is 1.78. The van der Waals surface area contributed by atoms with Gasteiger partial charge in [0, 0.05) is 13.0 Å². The third-order valence-corrected chi connectivity index (χ3v) is 4.26. The summed E-state index contributed by atoms with van der Waals surface area (Å²) in [5.41, 5.74) is 5.72. The maximum Gasteiger partial charge on any atom is 0.261 e. The molecule has 0 saturated heterocycles. The van der Waals surface area contributed by atoms with Crippen LogP contribution in [0.4, 0.5) is 8.78 Å². The van der Waals surface area contributed by atoms with Gasteiger partial charge in [-0.15, -0.1) is 0 Å². The Hall–Kier alpha value is -1.08. The molecule has 1 fully saturated rings. The molecule has 0 bridgehead atoms. The summed E-state index contributed by atoms with van der Waals surface area (Å²) in [6, 6.07) is 0. The van der Waals surface area contributed by atoms with Crippen molar-refractivity contribution < 1.29 is 18.0 Å². The van der Waals surface area contributed by atoms with Crippen LogP contribution < -0.4 is 5.73 Å². The van der Waals surface area contributed by atoms with Gasteiger partial charge in [-0.25, -0.2) is 8.78 Å². The van der Waals surface area contributed by atoms with Crippen molar-refractivity contribution in [1.29, 1.82) is 0 Å². The normalized spacial score (nSPS) is 26.4. The number of halogens is 2. The smallest absolute Gasteiger partial charge is 0.261 e. The fraction of sp³-hybridized carbons (Fsp3) is 0.857. The van der Waals surface area contributed by atoms with Gasteiger partial charge in [-0.3, -0.25) is 0 Å². The highest BCUT2D eigenvalue weighted by atomic mass is 19.3. The zero-order chi connectivity index (χ0) is 15.3. The van der Waals surface area contributed by atoms with E-state index in [-0.39, 0.29) is 12.0 Å². The topological polar surface area (TPSA) is 74.2 Å². The molecule has 1 aromatic rings. The largest absolute Gasteiger partial charge is 0.375 e. The van der Waals surface area contributed by atoms with Gasteiger partial charge in [-0.2, -0.15) is 4.98 Å². The van der Waals surface area contributed by atoms with E-state index in [4.69, 9.17) is 15.0 Å². The van der Waals surface area contributed by atoms with Crippen molar-refractivity contribution in [3.8, 4) is 0 Å². The number of alkyl halides is 2. The van der Waals surface area contributed by atoms with Crippen molar-refractivity contribution in [1.82, 2.24) is 10.1 Å². The SMILES string of the molecule is CC1CCC(CN)(c2nc(CCOCC(F)F)no2)CC1. The number of hydrogen-bond donors (Lipinski definition) is 1. The molecule has 1 aliphatic carbocycles. The summed E-state index contributed by atoms with van der Waals surface area (Å²) in [6.07, 6.45) is 2.03. The summed E-state index contributed by atoms with van der Waals surface area (Å²) in [6.45, 7) is 2.33. The zero-order valence-corrected chi connectivity index (χ0v) is 12.4. The van der Waals surface area contributed by atoms with Crippen LogP contribution in [0.2, 0.25) is 0 Å². The molecule has 0 aliphatic heterocycles. The first kappa shape index (κ1) is 16.3. The molecule has 1 aliphatic rings. The van der Waals surface area contributed by atoms with Crippen LogP contribution in [0.3, 0.4) is 0 Å². The first-order chi connectivity index (χ1) is 10.1. The maximum absolute atomic E-state index is 11.9. The average Bonchev–Trinajstić information content (AvgIpc) is 2.94. The quantitative estimate of drug-likeness (QED) is 0.782. The lowest BCUT2D eigenvalue weighted by Gasteiger charge is -2.35. The van der Waals surface area contributed by atoms with Crippen molar-refractivity contribution >= 4 is 0 Å². The van der Waals surface area contributed by atoms with Gasteiger partial charge in [0.05, 0.1) is 12.0 Å². The van der Waals surface area contributed by atoms with Crippen molar-refractivity contribution in [2.75, 3.05) is 19.8 Å². The summed E-state index contributed by atoms with van der Waals surface area (Å²) < 4.78 is 34.1. The van der Waals surface area contributed by atoms with Gasteiger partial charge in [0.2, 0.25) is 5.89 Å². The Labute approximate surface area is 123 Å². The van der Waals surface area contributed by atoms with Crippen molar-refractivity contribution in [2.24, 2.45) is 11.7 Å². The Balaban J connectivity index is 1.91. The Morgan fingerprint density at radius 2 is 2.14 bits per heavy atom. The van der Waals surface area contributed by atoms with Crippen LogP contribution in [0, 0.1) is 5.92 Å². The molecule has 5 nitrogen and oxygen atoms in total. The Morgan fingerprint density at radius 1 is 1.43 bits per heavy atom. The second-order valence-electron chi connectivity index (χ2n) is 5.90. The van der Waals surface area contributed by atoms with Crippen LogP contribution in [0.15, 0.2) is 4.52 Å². The zero-order valence-electron chi connectivity index (χ0n) is 12.4. The molecule has 0 spiro atoms. The van der Waals surface area contributed by atoms with Crippen LogP contribution in [0.1, 0.15) is 44.3 Å².